The predicted molar refractivity (Wildman–Crippen MR) is 110 cm³/mol. The minimum atomic E-state index is -0.352. The maximum Gasteiger partial charge on any atom is 0.244 e. The Morgan fingerprint density at radius 3 is 2.29 bits per heavy atom. The first-order chi connectivity index (χ1) is 13.5. The van der Waals surface area contributed by atoms with Crippen molar-refractivity contribution in [3.05, 3.63) is 39.9 Å². The highest BCUT2D eigenvalue weighted by Gasteiger charge is 2.39. The van der Waals surface area contributed by atoms with E-state index in [1.807, 2.05) is 12.3 Å². The number of ether oxygens (including phenoxy) is 3. The summed E-state index contributed by atoms with van der Waals surface area (Å²) >= 11 is 1.62. The quantitative estimate of drug-likeness (QED) is 0.707. The average Bonchev–Trinajstić information content (AvgIpc) is 3.35. The van der Waals surface area contributed by atoms with Gasteiger partial charge in [0.05, 0.1) is 26.9 Å². The molecule has 1 aliphatic rings. The van der Waals surface area contributed by atoms with Gasteiger partial charge in [0.15, 0.2) is 11.5 Å². The highest BCUT2D eigenvalue weighted by atomic mass is 32.1. The maximum absolute atomic E-state index is 12.7. The third-order valence-electron chi connectivity index (χ3n) is 4.96. The van der Waals surface area contributed by atoms with Gasteiger partial charge in [-0.1, -0.05) is 12.8 Å². The Morgan fingerprint density at radius 1 is 1.14 bits per heavy atom. The summed E-state index contributed by atoms with van der Waals surface area (Å²) in [5.41, 5.74) is 1.43. The van der Waals surface area contributed by atoms with E-state index in [-0.39, 0.29) is 11.4 Å². The van der Waals surface area contributed by atoms with E-state index in [2.05, 4.69) is 10.3 Å². The van der Waals surface area contributed by atoms with E-state index in [9.17, 15) is 4.79 Å². The highest BCUT2D eigenvalue weighted by Crippen LogP contribution is 2.40. The summed E-state index contributed by atoms with van der Waals surface area (Å²) in [6.07, 6.45) is 7.31. The molecule has 7 heteroatoms. The second-order valence-corrected chi connectivity index (χ2v) is 7.72. The monoisotopic (exact) mass is 402 g/mol. The van der Waals surface area contributed by atoms with Gasteiger partial charge in [0.2, 0.25) is 11.7 Å². The Bertz CT molecular complexity index is 844. The number of hydrogen-bond donors (Lipinski definition) is 1. The van der Waals surface area contributed by atoms with Crippen LogP contribution in [0.15, 0.2) is 23.6 Å². The van der Waals surface area contributed by atoms with Gasteiger partial charge in [-0.2, -0.15) is 0 Å². The minimum absolute atomic E-state index is 0.136. The molecule has 28 heavy (non-hydrogen) atoms. The number of hydrogen-bond acceptors (Lipinski definition) is 6. The number of benzene rings is 1. The molecular weight excluding hydrogens is 376 g/mol. The van der Waals surface area contributed by atoms with E-state index >= 15 is 0 Å². The molecule has 150 valence electrons. The van der Waals surface area contributed by atoms with Gasteiger partial charge < -0.3 is 19.5 Å². The van der Waals surface area contributed by atoms with Crippen LogP contribution < -0.4 is 19.5 Å². The van der Waals surface area contributed by atoms with Crippen molar-refractivity contribution in [1.82, 2.24) is 10.3 Å². The summed E-state index contributed by atoms with van der Waals surface area (Å²) in [5.74, 6) is 1.49. The van der Waals surface area contributed by atoms with Gasteiger partial charge in [0.1, 0.15) is 5.01 Å². The third-order valence-corrected chi connectivity index (χ3v) is 6.13. The van der Waals surface area contributed by atoms with Crippen LogP contribution in [0.5, 0.6) is 17.2 Å². The van der Waals surface area contributed by atoms with E-state index in [1.54, 1.807) is 57.0 Å². The maximum atomic E-state index is 12.7. The molecule has 1 fully saturated rings. The number of amides is 1. The fraction of sp³-hybridized carbons (Fsp3) is 0.429. The molecule has 1 saturated carbocycles. The van der Waals surface area contributed by atoms with Crippen molar-refractivity contribution in [2.45, 2.75) is 38.1 Å². The van der Waals surface area contributed by atoms with Gasteiger partial charge in [0.25, 0.3) is 0 Å². The van der Waals surface area contributed by atoms with Crippen LogP contribution in [0.4, 0.5) is 0 Å². The van der Waals surface area contributed by atoms with Crippen molar-refractivity contribution in [2.75, 3.05) is 21.3 Å². The van der Waals surface area contributed by atoms with Crippen molar-refractivity contribution in [3.63, 3.8) is 0 Å². The molecule has 6 nitrogen and oxygen atoms in total. The van der Waals surface area contributed by atoms with Gasteiger partial charge in [-0.25, -0.2) is 4.98 Å². The van der Waals surface area contributed by atoms with Crippen LogP contribution in [0.3, 0.4) is 0 Å². The van der Waals surface area contributed by atoms with Crippen LogP contribution in [0.25, 0.3) is 6.08 Å². The molecule has 0 radical (unpaired) electrons. The molecule has 0 atom stereocenters. The largest absolute Gasteiger partial charge is 0.493 e. The minimum Gasteiger partial charge on any atom is -0.493 e. The van der Waals surface area contributed by atoms with Gasteiger partial charge in [0, 0.05) is 17.2 Å². The number of aryl methyl sites for hydroxylation is 1. The number of methoxy groups -OCH3 is 3. The first-order valence-corrected chi connectivity index (χ1v) is 10.1. The molecule has 2 aromatic rings. The first-order valence-electron chi connectivity index (χ1n) is 9.24. The Balaban J connectivity index is 1.79. The summed E-state index contributed by atoms with van der Waals surface area (Å²) in [6, 6.07) is 3.61. The molecule has 0 aliphatic heterocycles. The van der Waals surface area contributed by atoms with Crippen molar-refractivity contribution < 1.29 is 19.0 Å². The van der Waals surface area contributed by atoms with Crippen LogP contribution in [-0.2, 0) is 10.3 Å². The molecule has 1 amide bonds. The first kappa shape index (κ1) is 20.2. The zero-order chi connectivity index (χ0) is 20.1. The Kier molecular flexibility index (Phi) is 6.24. The van der Waals surface area contributed by atoms with Crippen molar-refractivity contribution in [3.8, 4) is 17.2 Å². The summed E-state index contributed by atoms with van der Waals surface area (Å²) < 4.78 is 16.1. The van der Waals surface area contributed by atoms with E-state index in [0.717, 1.165) is 41.9 Å². The summed E-state index contributed by atoms with van der Waals surface area (Å²) in [4.78, 5) is 17.3. The van der Waals surface area contributed by atoms with Gasteiger partial charge in [-0.05, 0) is 43.5 Å². The number of nitrogens with zero attached hydrogens (tertiary/aromatic N) is 1. The lowest BCUT2D eigenvalue weighted by Gasteiger charge is -2.27. The van der Waals surface area contributed by atoms with E-state index in [0.29, 0.717) is 17.2 Å². The molecule has 1 N–H and O–H groups in total. The summed E-state index contributed by atoms with van der Waals surface area (Å²) in [6.45, 7) is 1.98. The van der Waals surface area contributed by atoms with Crippen LogP contribution in [0.1, 0.15) is 41.9 Å². The standard InChI is InChI=1S/C21H26N2O4S/c1-14-13-28-20(22-14)21(9-5-6-10-21)23-18(24)8-7-15-11-16(25-2)19(27-4)17(12-15)26-3/h7-8,11-13H,5-6,9-10H2,1-4H3,(H,23,24)/b8-7+. The molecule has 0 unspecified atom stereocenters. The molecule has 0 bridgehead atoms. The predicted octanol–water partition coefficient (Wildman–Crippen LogP) is 4.08. The number of carbonyl (C=O) groups excluding carboxylic acids is 1. The average molecular weight is 403 g/mol. The Morgan fingerprint density at radius 2 is 1.79 bits per heavy atom. The molecule has 0 spiro atoms. The number of thiazole rings is 1. The van der Waals surface area contributed by atoms with E-state index < -0.39 is 0 Å². The smallest absolute Gasteiger partial charge is 0.244 e. The molecule has 0 saturated heterocycles. The van der Waals surface area contributed by atoms with Crippen molar-refractivity contribution >= 4 is 23.3 Å². The number of rotatable bonds is 7. The molecule has 1 aromatic carbocycles. The van der Waals surface area contributed by atoms with Crippen LogP contribution in [-0.4, -0.2) is 32.2 Å². The van der Waals surface area contributed by atoms with Crippen LogP contribution in [0, 0.1) is 6.92 Å². The molecule has 1 heterocycles. The van der Waals surface area contributed by atoms with E-state index in [1.165, 1.54) is 0 Å². The SMILES string of the molecule is COc1cc(/C=C/C(=O)NC2(c3nc(C)cs3)CCCC2)cc(OC)c1OC. The van der Waals surface area contributed by atoms with Gasteiger partial charge in [-0.3, -0.25) is 4.79 Å². The number of nitrogens with one attached hydrogen (secondary N) is 1. The fourth-order valence-corrected chi connectivity index (χ4v) is 4.60. The number of aromatic nitrogens is 1. The lowest BCUT2D eigenvalue weighted by molar-refractivity contribution is -0.118. The molecular formula is C21H26N2O4S. The third kappa shape index (κ3) is 4.14. The van der Waals surface area contributed by atoms with Crippen LogP contribution >= 0.6 is 11.3 Å². The van der Waals surface area contributed by atoms with Crippen LogP contribution in [0.2, 0.25) is 0 Å². The summed E-state index contributed by atoms with van der Waals surface area (Å²) in [5, 5.41) is 6.24. The molecule has 1 aromatic heterocycles. The van der Waals surface area contributed by atoms with Crippen molar-refractivity contribution in [1.29, 1.82) is 0 Å². The topological polar surface area (TPSA) is 69.7 Å². The lowest BCUT2D eigenvalue weighted by Crippen LogP contribution is -2.43. The second kappa shape index (κ2) is 8.65. The van der Waals surface area contributed by atoms with Crippen molar-refractivity contribution in [2.24, 2.45) is 0 Å². The van der Waals surface area contributed by atoms with E-state index in [4.69, 9.17) is 14.2 Å². The zero-order valence-electron chi connectivity index (χ0n) is 16.7. The highest BCUT2D eigenvalue weighted by molar-refractivity contribution is 7.09. The Hall–Kier alpha value is -2.54. The zero-order valence-corrected chi connectivity index (χ0v) is 17.5. The fourth-order valence-electron chi connectivity index (χ4n) is 3.59. The number of carbonyl (C=O) groups is 1. The summed E-state index contributed by atoms with van der Waals surface area (Å²) in [7, 11) is 4.69. The molecule has 1 aliphatic carbocycles. The van der Waals surface area contributed by atoms with Gasteiger partial charge >= 0.3 is 0 Å². The Labute approximate surface area is 169 Å². The normalized spacial score (nSPS) is 15.6. The second-order valence-electron chi connectivity index (χ2n) is 6.86. The molecule has 3 rings (SSSR count). The lowest BCUT2D eigenvalue weighted by atomic mass is 9.98. The van der Waals surface area contributed by atoms with Gasteiger partial charge in [-0.15, -0.1) is 11.3 Å².